The number of aromatic hydroxyl groups is 4. The second kappa shape index (κ2) is 39.1. The molecule has 16 aromatic rings. The molecule has 0 saturated carbocycles. The van der Waals surface area contributed by atoms with Crippen LogP contribution in [0.5, 0.6) is 23.0 Å². The Morgan fingerprint density at radius 3 is 1.21 bits per heavy atom. The van der Waals surface area contributed by atoms with Crippen molar-refractivity contribution in [3.05, 3.63) is 283 Å². The molecule has 19 heteroatoms. The minimum Gasteiger partial charge on any atom is -0.508 e. The first-order chi connectivity index (χ1) is 57.7. The molecule has 0 amide bonds. The second-order valence-electron chi connectivity index (χ2n) is 41.4. The van der Waals surface area contributed by atoms with Crippen LogP contribution in [0, 0.1) is 32.4 Å². The van der Waals surface area contributed by atoms with Gasteiger partial charge in [-0.3, -0.25) is 25.5 Å². The topological polar surface area (TPSA) is 250 Å². The molecule has 5 heterocycles. The third kappa shape index (κ3) is 25.1. The van der Waals surface area contributed by atoms with Crippen molar-refractivity contribution >= 4 is 105 Å². The highest BCUT2D eigenvalue weighted by Gasteiger charge is 2.29. The van der Waals surface area contributed by atoms with Gasteiger partial charge in [0.25, 0.3) is 0 Å². The van der Waals surface area contributed by atoms with E-state index in [0.717, 1.165) is 70.7 Å². The van der Waals surface area contributed by atoms with Gasteiger partial charge in [-0.05, 0) is 226 Å². The Balaban J connectivity index is 0.000000174. The monoisotopic (exact) mass is 1730 g/mol. The second-order valence-corrected chi connectivity index (χ2v) is 42.2. The van der Waals surface area contributed by atoms with Gasteiger partial charge in [-0.25, -0.2) is 8.78 Å². The minimum atomic E-state index is -0.352. The first-order valence-corrected chi connectivity index (χ1v) is 43.2. The van der Waals surface area contributed by atoms with Crippen molar-refractivity contribution in [2.24, 2.45) is 0 Å². The predicted octanol–water partition coefficient (Wildman–Crippen LogP) is 29.5. The summed E-state index contributed by atoms with van der Waals surface area (Å²) in [5.74, 6) is 1.11. The van der Waals surface area contributed by atoms with Gasteiger partial charge < -0.3 is 26.2 Å². The summed E-state index contributed by atoms with van der Waals surface area (Å²) < 4.78 is 26.8. The van der Waals surface area contributed by atoms with Crippen LogP contribution < -0.4 is 5.73 Å². The number of aromatic nitrogens is 10. The van der Waals surface area contributed by atoms with Gasteiger partial charge in [0.05, 0.1) is 52.4 Å². The van der Waals surface area contributed by atoms with Crippen LogP contribution in [0.1, 0.15) is 254 Å². The van der Waals surface area contributed by atoms with E-state index in [1.54, 1.807) is 36.5 Å². The van der Waals surface area contributed by atoms with E-state index >= 15 is 0 Å². The lowest BCUT2D eigenvalue weighted by Crippen LogP contribution is -2.14. The van der Waals surface area contributed by atoms with Crippen LogP contribution in [0.15, 0.2) is 195 Å². The fourth-order valence-electron chi connectivity index (χ4n) is 16.2. The highest BCUT2D eigenvalue weighted by molar-refractivity contribution is 6.32. The summed E-state index contributed by atoms with van der Waals surface area (Å²) in [6.07, 6.45) is 7.35. The first-order valence-electron chi connectivity index (χ1n) is 42.5. The van der Waals surface area contributed by atoms with E-state index in [4.69, 9.17) is 28.9 Å². The van der Waals surface area contributed by atoms with Gasteiger partial charge >= 0.3 is 0 Å². The molecule has 0 aliphatic carbocycles. The Kier molecular flexibility index (Phi) is 31.0. The van der Waals surface area contributed by atoms with Crippen LogP contribution in [0.2, 0.25) is 10.0 Å². The molecule has 0 bridgehead atoms. The van der Waals surface area contributed by atoms with Crippen molar-refractivity contribution in [1.29, 1.82) is 0 Å². The summed E-state index contributed by atoms with van der Waals surface area (Å²) in [4.78, 5) is 0. The number of phenolic OH excluding ortho intramolecular Hbond substituents is 4. The van der Waals surface area contributed by atoms with Gasteiger partial charge in [-0.15, -0.1) is 0 Å². The summed E-state index contributed by atoms with van der Waals surface area (Å²) in [6.45, 7) is 63.5. The molecule has 0 aliphatic rings. The largest absolute Gasteiger partial charge is 0.508 e. The average molecular weight is 1730 g/mol. The molecule has 15 nitrogen and oxygen atoms in total. The zero-order valence-electron chi connectivity index (χ0n) is 79.1. The minimum absolute atomic E-state index is 0.0180. The third-order valence-corrected chi connectivity index (χ3v) is 22.0. The van der Waals surface area contributed by atoms with Crippen molar-refractivity contribution in [1.82, 2.24) is 51.0 Å². The maximum Gasteiger partial charge on any atom is 0.153 e. The molecule has 0 saturated heterocycles. The maximum atomic E-state index is 13.6. The fraction of sp³-hybridized carbons (Fsp3) is 0.368. The number of nitrogen functional groups attached to an aromatic ring is 1. The van der Waals surface area contributed by atoms with Crippen LogP contribution in [-0.2, 0) is 48.7 Å². The molecule has 5 aromatic heterocycles. The highest BCUT2D eigenvalue weighted by Crippen LogP contribution is 2.42. The number of hydrogen-bond donors (Lipinski definition) is 10. The van der Waals surface area contributed by atoms with E-state index in [0.29, 0.717) is 33.5 Å². The third-order valence-electron chi connectivity index (χ3n) is 21.3. The zero-order chi connectivity index (χ0) is 93.4. The van der Waals surface area contributed by atoms with Gasteiger partial charge in [0.2, 0.25) is 0 Å². The summed E-state index contributed by atoms with van der Waals surface area (Å²) in [7, 11) is 0. The zero-order valence-corrected chi connectivity index (χ0v) is 80.6. The number of rotatable bonds is 0. The maximum absolute atomic E-state index is 13.6. The van der Waals surface area contributed by atoms with E-state index < -0.39 is 0 Å². The molecule has 125 heavy (non-hydrogen) atoms. The van der Waals surface area contributed by atoms with E-state index in [1.165, 1.54) is 90.3 Å². The van der Waals surface area contributed by atoms with E-state index in [-0.39, 0.29) is 71.9 Å². The highest BCUT2D eigenvalue weighted by atomic mass is 35.5. The van der Waals surface area contributed by atoms with Gasteiger partial charge in [0.1, 0.15) is 34.6 Å². The van der Waals surface area contributed by atoms with Crippen molar-refractivity contribution < 1.29 is 29.2 Å². The number of nitrogens with zero attached hydrogens (tertiary/aromatic N) is 5. The lowest BCUT2D eigenvalue weighted by atomic mass is 9.82. The van der Waals surface area contributed by atoms with Crippen LogP contribution >= 0.6 is 23.2 Å². The van der Waals surface area contributed by atoms with Crippen LogP contribution in [0.25, 0.3) is 76.1 Å². The van der Waals surface area contributed by atoms with Crippen molar-refractivity contribution in [3.63, 3.8) is 0 Å². The van der Waals surface area contributed by atoms with Gasteiger partial charge in [-0.1, -0.05) is 295 Å². The lowest BCUT2D eigenvalue weighted by molar-refractivity contribution is 0.429. The number of nitrogens with one attached hydrogen (secondary N) is 5. The molecular formula is C106H133Cl2F2N11O4. The standard InChI is InChI=1S/2C14H16O.C12H17N3.2C12H16N2.C11H13ClN2.C11H13FN2.C10H13ClO.C10H13FO/c1-14(2,3)13-9-11(15)8-10-6-4-5-7-12(10)13;1-14(2,3)13-11-7-5-4-6-10(11)8-9-12(13)15;1-7-5-6-8-9(11(13)15-14-8)10(7)12(2,3)4;1-8-5-6-10-9(7-13-14-10)11(8)12(2,3)4;1-8-5-6-9-7-13-14-11(9)10(8)12(2,3)4;1-11(2,3)10-7-6-13-14-9(7)5-4-8(10)12;1-11(2,3)9-8(12)5-4-7-6-13-14-10(7)9;1-10(2,3)8-6-7(12)4-5-9(8)11;1-10(2,3)9-7(11)5-4-6-8(9)12/h2*4-9,15H,1-3H3;5-6H,1-4H3,(H3,13,14,15);2*5-7H,1-4H3,(H,13,14);2*4-6H,1-3H3,(H,13,14);2*4-6,12H,1-3H3. The Labute approximate surface area is 748 Å². The summed E-state index contributed by atoms with van der Waals surface area (Å²) in [5, 5.41) is 85.0. The van der Waals surface area contributed by atoms with E-state index in [1.807, 2.05) is 127 Å². The van der Waals surface area contributed by atoms with E-state index in [9.17, 15) is 29.2 Å². The van der Waals surface area contributed by atoms with Crippen molar-refractivity contribution in [2.45, 2.75) is 256 Å². The lowest BCUT2D eigenvalue weighted by Gasteiger charge is -2.22. The molecule has 0 unspecified atom stereocenters. The molecule has 0 atom stereocenters. The average Bonchev–Trinajstić information content (AvgIpc) is 1.63. The van der Waals surface area contributed by atoms with E-state index in [2.05, 4.69) is 266 Å². The Bertz CT molecular complexity index is 5980. The smallest absolute Gasteiger partial charge is 0.153 e. The molecule has 0 spiro atoms. The molecular weight excluding hydrogens is 1600 g/mol. The van der Waals surface area contributed by atoms with Crippen LogP contribution in [0.3, 0.4) is 0 Å². The number of anilines is 1. The number of benzene rings is 11. The molecule has 11 N–H and O–H groups in total. The number of aromatic amines is 5. The van der Waals surface area contributed by atoms with Crippen molar-refractivity contribution in [2.75, 3.05) is 5.73 Å². The quantitative estimate of drug-likeness (QED) is 0.0687. The molecule has 11 aromatic carbocycles. The summed E-state index contributed by atoms with van der Waals surface area (Å²) >= 11 is 12.2. The Hall–Kier alpha value is -11.3. The number of phenols is 4. The molecule has 0 radical (unpaired) electrons. The Morgan fingerprint density at radius 2 is 0.704 bits per heavy atom. The van der Waals surface area contributed by atoms with Gasteiger partial charge in [0.15, 0.2) is 5.82 Å². The number of H-pyrrole nitrogens is 5. The number of nitrogens with two attached hydrogens (primary N) is 1. The summed E-state index contributed by atoms with van der Waals surface area (Å²) in [6, 6.07) is 52.9. The molecule has 0 fully saturated rings. The number of fused-ring (bicyclic) bond motifs is 7. The van der Waals surface area contributed by atoms with Gasteiger partial charge in [-0.2, -0.15) is 25.5 Å². The number of halogens is 4. The molecule has 16 rings (SSSR count). The first kappa shape index (κ1) is 99.2. The molecule has 0 aliphatic heterocycles. The number of aryl methyl sites for hydroxylation is 3. The van der Waals surface area contributed by atoms with Crippen LogP contribution in [0.4, 0.5) is 14.6 Å². The fourth-order valence-corrected chi connectivity index (χ4v) is 17.0. The van der Waals surface area contributed by atoms with Gasteiger partial charge in [0, 0.05) is 53.7 Å². The Morgan fingerprint density at radius 1 is 0.296 bits per heavy atom. The molecule has 664 valence electrons. The van der Waals surface area contributed by atoms with Crippen LogP contribution in [-0.4, -0.2) is 71.4 Å². The van der Waals surface area contributed by atoms with Crippen molar-refractivity contribution in [3.8, 4) is 23.0 Å². The normalized spacial score (nSPS) is 12.1. The summed E-state index contributed by atoms with van der Waals surface area (Å²) in [5.41, 5.74) is 24.4. The SMILES string of the molecule is CC(C)(C)c1c(Cl)ccc2[nH]ncc12.CC(C)(C)c1c(F)ccc2cn[nH]c12.CC(C)(C)c1c(O)ccc2ccccc12.CC(C)(C)c1c(O)cccc1F.CC(C)(C)c1cc(O)cc2ccccc12.CC(C)(C)c1cc(O)ccc1Cl.Cc1ccc2[nH]nc(N)c2c1C(C)(C)C.Cc1ccc2[nH]ncc2c1C(C)(C)C.Cc1ccc2cn[nH]c2c1C(C)(C)C. The number of hydrogen-bond acceptors (Lipinski definition) is 10. The predicted molar refractivity (Wildman–Crippen MR) is 525 cm³/mol.